The standard InChI is InChI=1S/C11H14N2O4/c1-6(10(13)14)17-11(15)8-5-7(16-2)3-4-9(8)12/h3-6H,12H2,1-2H3,(H2,13,14). The lowest BCUT2D eigenvalue weighted by Crippen LogP contribution is -2.30. The van der Waals surface area contributed by atoms with E-state index in [4.69, 9.17) is 20.9 Å². The van der Waals surface area contributed by atoms with Gasteiger partial charge >= 0.3 is 5.97 Å². The van der Waals surface area contributed by atoms with Crippen molar-refractivity contribution in [2.75, 3.05) is 12.8 Å². The van der Waals surface area contributed by atoms with E-state index in [9.17, 15) is 9.59 Å². The first-order valence-electron chi connectivity index (χ1n) is 4.89. The van der Waals surface area contributed by atoms with Gasteiger partial charge in [-0.15, -0.1) is 0 Å². The Morgan fingerprint density at radius 2 is 2.00 bits per heavy atom. The van der Waals surface area contributed by atoms with Crippen LogP contribution in [0.15, 0.2) is 18.2 Å². The van der Waals surface area contributed by atoms with Crippen LogP contribution in [0.1, 0.15) is 17.3 Å². The first-order chi connectivity index (χ1) is 7.95. The second-order valence-corrected chi connectivity index (χ2v) is 3.40. The van der Waals surface area contributed by atoms with Crippen LogP contribution in [0.5, 0.6) is 5.75 Å². The highest BCUT2D eigenvalue weighted by atomic mass is 16.5. The maximum Gasteiger partial charge on any atom is 0.341 e. The smallest absolute Gasteiger partial charge is 0.341 e. The molecule has 0 bridgehead atoms. The fraction of sp³-hybridized carbons (Fsp3) is 0.273. The summed E-state index contributed by atoms with van der Waals surface area (Å²) in [7, 11) is 1.46. The Morgan fingerprint density at radius 3 is 2.53 bits per heavy atom. The highest BCUT2D eigenvalue weighted by molar-refractivity contribution is 5.97. The molecule has 1 amide bonds. The fourth-order valence-corrected chi connectivity index (χ4v) is 1.12. The molecular formula is C11H14N2O4. The number of hydrogen-bond donors (Lipinski definition) is 2. The predicted octanol–water partition coefficient (Wildman–Crippen LogP) is 0.308. The Bertz CT molecular complexity index is 445. The van der Waals surface area contributed by atoms with Crippen LogP contribution in [0.4, 0.5) is 5.69 Å². The zero-order valence-corrected chi connectivity index (χ0v) is 9.60. The molecule has 1 aromatic carbocycles. The Labute approximate surface area is 98.5 Å². The predicted molar refractivity (Wildman–Crippen MR) is 61.5 cm³/mol. The van der Waals surface area contributed by atoms with Gasteiger partial charge in [-0.2, -0.15) is 0 Å². The lowest BCUT2D eigenvalue weighted by molar-refractivity contribution is -0.125. The quantitative estimate of drug-likeness (QED) is 0.580. The molecule has 0 saturated heterocycles. The summed E-state index contributed by atoms with van der Waals surface area (Å²) < 4.78 is 9.79. The van der Waals surface area contributed by atoms with Crippen molar-refractivity contribution >= 4 is 17.6 Å². The molecule has 0 spiro atoms. The third-order valence-corrected chi connectivity index (χ3v) is 2.16. The molecule has 0 aliphatic heterocycles. The van der Waals surface area contributed by atoms with Crippen molar-refractivity contribution in [2.45, 2.75) is 13.0 Å². The van der Waals surface area contributed by atoms with Gasteiger partial charge in [-0.3, -0.25) is 4.79 Å². The summed E-state index contributed by atoms with van der Waals surface area (Å²) in [4.78, 5) is 22.4. The van der Waals surface area contributed by atoms with Gasteiger partial charge in [0.15, 0.2) is 6.10 Å². The van der Waals surface area contributed by atoms with Crippen LogP contribution < -0.4 is 16.2 Å². The Morgan fingerprint density at radius 1 is 1.35 bits per heavy atom. The Balaban J connectivity index is 2.91. The molecule has 6 nitrogen and oxygen atoms in total. The number of carbonyl (C=O) groups excluding carboxylic acids is 2. The van der Waals surface area contributed by atoms with E-state index in [0.717, 1.165) is 0 Å². The molecule has 1 unspecified atom stereocenters. The summed E-state index contributed by atoms with van der Waals surface area (Å²) in [5.41, 5.74) is 11.0. The molecule has 6 heteroatoms. The number of carbonyl (C=O) groups is 2. The third-order valence-electron chi connectivity index (χ3n) is 2.16. The maximum absolute atomic E-state index is 11.7. The Hall–Kier alpha value is -2.24. The summed E-state index contributed by atoms with van der Waals surface area (Å²) >= 11 is 0. The van der Waals surface area contributed by atoms with Gasteiger partial charge in [-0.05, 0) is 25.1 Å². The van der Waals surface area contributed by atoms with Crippen LogP contribution in [0, 0.1) is 0 Å². The largest absolute Gasteiger partial charge is 0.497 e. The third kappa shape index (κ3) is 3.10. The van der Waals surface area contributed by atoms with Crippen molar-refractivity contribution in [3.05, 3.63) is 23.8 Å². The van der Waals surface area contributed by atoms with Gasteiger partial charge in [0, 0.05) is 5.69 Å². The van der Waals surface area contributed by atoms with Crippen molar-refractivity contribution in [3.8, 4) is 5.75 Å². The average Bonchev–Trinajstić information content (AvgIpc) is 2.29. The van der Waals surface area contributed by atoms with Gasteiger partial charge in [0.2, 0.25) is 0 Å². The highest BCUT2D eigenvalue weighted by Gasteiger charge is 2.18. The van der Waals surface area contributed by atoms with E-state index < -0.39 is 18.0 Å². The van der Waals surface area contributed by atoms with E-state index >= 15 is 0 Å². The number of ether oxygens (including phenoxy) is 2. The van der Waals surface area contributed by atoms with Crippen molar-refractivity contribution < 1.29 is 19.1 Å². The van der Waals surface area contributed by atoms with Gasteiger partial charge in [0.05, 0.1) is 12.7 Å². The van der Waals surface area contributed by atoms with E-state index in [0.29, 0.717) is 5.75 Å². The molecule has 0 fully saturated rings. The number of amides is 1. The van der Waals surface area contributed by atoms with E-state index in [1.807, 2.05) is 0 Å². The minimum atomic E-state index is -1.01. The molecular weight excluding hydrogens is 224 g/mol. The number of hydrogen-bond acceptors (Lipinski definition) is 5. The minimum Gasteiger partial charge on any atom is -0.497 e. The van der Waals surface area contributed by atoms with Gasteiger partial charge in [0.25, 0.3) is 5.91 Å². The zero-order valence-electron chi connectivity index (χ0n) is 9.60. The number of nitrogen functional groups attached to an aromatic ring is 1. The van der Waals surface area contributed by atoms with Crippen molar-refractivity contribution in [2.24, 2.45) is 5.73 Å². The van der Waals surface area contributed by atoms with Gasteiger partial charge in [-0.25, -0.2) is 4.79 Å². The van der Waals surface area contributed by atoms with Crippen LogP contribution in [0.3, 0.4) is 0 Å². The minimum absolute atomic E-state index is 0.137. The summed E-state index contributed by atoms with van der Waals surface area (Å²) in [6, 6.07) is 4.57. The number of rotatable bonds is 4. The lowest BCUT2D eigenvalue weighted by Gasteiger charge is -2.11. The summed E-state index contributed by atoms with van der Waals surface area (Å²) in [5, 5.41) is 0. The van der Waals surface area contributed by atoms with Crippen LogP contribution in [0.25, 0.3) is 0 Å². The lowest BCUT2D eigenvalue weighted by atomic mass is 10.1. The average molecular weight is 238 g/mol. The number of benzene rings is 1. The first kappa shape index (κ1) is 12.8. The summed E-state index contributed by atoms with van der Waals surface area (Å²) in [6.45, 7) is 1.39. The Kier molecular flexibility index (Phi) is 3.92. The number of nitrogens with two attached hydrogens (primary N) is 2. The molecule has 0 aromatic heterocycles. The summed E-state index contributed by atoms with van der Waals surface area (Å²) in [5.74, 6) is -0.967. The van der Waals surface area contributed by atoms with Crippen molar-refractivity contribution in [3.63, 3.8) is 0 Å². The molecule has 4 N–H and O–H groups in total. The van der Waals surface area contributed by atoms with Gasteiger partial charge in [0.1, 0.15) is 5.75 Å². The van der Waals surface area contributed by atoms with Crippen molar-refractivity contribution in [1.82, 2.24) is 0 Å². The molecule has 1 rings (SSSR count). The van der Waals surface area contributed by atoms with Crippen LogP contribution >= 0.6 is 0 Å². The SMILES string of the molecule is COc1ccc(N)c(C(=O)OC(C)C(N)=O)c1. The molecule has 0 radical (unpaired) electrons. The van der Waals surface area contributed by atoms with Crippen LogP contribution in [-0.2, 0) is 9.53 Å². The second-order valence-electron chi connectivity index (χ2n) is 3.40. The number of anilines is 1. The van der Waals surface area contributed by atoms with E-state index in [-0.39, 0.29) is 11.3 Å². The number of methoxy groups -OCH3 is 1. The maximum atomic E-state index is 11.7. The normalized spacial score (nSPS) is 11.6. The van der Waals surface area contributed by atoms with E-state index in [2.05, 4.69) is 0 Å². The fourth-order valence-electron chi connectivity index (χ4n) is 1.12. The second kappa shape index (κ2) is 5.20. The van der Waals surface area contributed by atoms with Gasteiger partial charge < -0.3 is 20.9 Å². The molecule has 1 aromatic rings. The molecule has 0 aliphatic carbocycles. The van der Waals surface area contributed by atoms with E-state index in [1.54, 1.807) is 6.07 Å². The molecule has 17 heavy (non-hydrogen) atoms. The topological polar surface area (TPSA) is 105 Å². The first-order valence-corrected chi connectivity index (χ1v) is 4.89. The van der Waals surface area contributed by atoms with Gasteiger partial charge in [-0.1, -0.05) is 0 Å². The van der Waals surface area contributed by atoms with Crippen LogP contribution in [-0.4, -0.2) is 25.1 Å². The monoisotopic (exact) mass is 238 g/mol. The molecule has 0 saturated carbocycles. The molecule has 0 heterocycles. The summed E-state index contributed by atoms with van der Waals surface area (Å²) in [6.07, 6.45) is -1.01. The van der Waals surface area contributed by atoms with E-state index in [1.165, 1.54) is 26.2 Å². The molecule has 92 valence electrons. The number of primary amides is 1. The molecule has 1 atom stereocenters. The van der Waals surface area contributed by atoms with Crippen LogP contribution in [0.2, 0.25) is 0 Å². The highest BCUT2D eigenvalue weighted by Crippen LogP contribution is 2.20. The van der Waals surface area contributed by atoms with Crippen molar-refractivity contribution in [1.29, 1.82) is 0 Å². The molecule has 0 aliphatic rings. The number of esters is 1. The zero-order chi connectivity index (χ0) is 13.0.